The van der Waals surface area contributed by atoms with Crippen molar-refractivity contribution in [3.63, 3.8) is 0 Å². The molecule has 0 spiro atoms. The van der Waals surface area contributed by atoms with Crippen LogP contribution < -0.4 is 5.73 Å². The first-order valence-corrected chi connectivity index (χ1v) is 2.96. The van der Waals surface area contributed by atoms with Gasteiger partial charge in [0.25, 0.3) is 0 Å². The molecule has 0 saturated carbocycles. The highest BCUT2D eigenvalue weighted by atomic mass is 79.9. The summed E-state index contributed by atoms with van der Waals surface area (Å²) in [7, 11) is 0. The Bertz CT molecular complexity index is 167. The van der Waals surface area contributed by atoms with Crippen molar-refractivity contribution in [2.75, 3.05) is 5.73 Å². The smallest absolute Gasteiger partial charge is 0.137 e. The van der Waals surface area contributed by atoms with Gasteiger partial charge >= 0.3 is 0 Å². The fourth-order valence-corrected chi connectivity index (χ4v) is 0.653. The third-order valence-electron chi connectivity index (χ3n) is 0.787. The molecule has 0 amide bonds. The summed E-state index contributed by atoms with van der Waals surface area (Å²) < 4.78 is 0.847. The second-order valence-electron chi connectivity index (χ2n) is 1.37. The Kier molecular flexibility index (Phi) is 1.48. The van der Waals surface area contributed by atoms with Gasteiger partial charge in [0, 0.05) is 6.20 Å². The van der Waals surface area contributed by atoms with Gasteiger partial charge < -0.3 is 5.73 Å². The van der Waals surface area contributed by atoms with Crippen LogP contribution in [0.1, 0.15) is 0 Å². The van der Waals surface area contributed by atoms with Gasteiger partial charge in [0.15, 0.2) is 0 Å². The monoisotopic (exact) mass is 176 g/mol. The Hall–Kier alpha value is -0.570. The molecule has 2 nitrogen and oxygen atoms in total. The fraction of sp³-hybridized carbons (Fsp3) is 0. The number of nitrogens with zero attached hydrogens (tertiary/aromatic N) is 1. The van der Waals surface area contributed by atoms with E-state index in [2.05, 4.69) is 20.9 Å². The zero-order valence-electron chi connectivity index (χ0n) is 4.13. The van der Waals surface area contributed by atoms with Gasteiger partial charge in [-0.05, 0) is 28.1 Å². The van der Waals surface area contributed by atoms with Crippen molar-refractivity contribution in [1.82, 2.24) is 4.98 Å². The zero-order valence-corrected chi connectivity index (χ0v) is 5.72. The van der Waals surface area contributed by atoms with Gasteiger partial charge in [-0.15, -0.1) is 0 Å². The van der Waals surface area contributed by atoms with E-state index < -0.39 is 0 Å². The van der Waals surface area contributed by atoms with Crippen LogP contribution in [-0.2, 0) is 0 Å². The largest absolute Gasteiger partial charge is 0.383 e. The molecule has 0 atom stereocenters. The van der Waals surface area contributed by atoms with Gasteiger partial charge in [0.1, 0.15) is 5.82 Å². The molecular weight excluding hydrogens is 172 g/mol. The number of nitrogens with two attached hydrogens (primary N) is 1. The minimum absolute atomic E-state index is 0.535. The zero-order chi connectivity index (χ0) is 5.98. The maximum absolute atomic E-state index is 5.36. The van der Waals surface area contributed by atoms with E-state index in [4.69, 9.17) is 5.73 Å². The van der Waals surface area contributed by atoms with Crippen LogP contribution in [0.25, 0.3) is 0 Å². The Balaban J connectivity index is 3.13. The number of aromatic nitrogens is 1. The van der Waals surface area contributed by atoms with Gasteiger partial charge in [0.05, 0.1) is 4.47 Å². The van der Waals surface area contributed by atoms with Crippen molar-refractivity contribution in [3.8, 4) is 0 Å². The first-order chi connectivity index (χ1) is 3.80. The summed E-state index contributed by atoms with van der Waals surface area (Å²) in [5, 5.41) is 0. The first kappa shape index (κ1) is 5.56. The summed E-state index contributed by atoms with van der Waals surface area (Å²) >= 11 is 3.21. The highest BCUT2D eigenvalue weighted by Gasteiger charge is 1.88. The van der Waals surface area contributed by atoms with Gasteiger partial charge in [-0.1, -0.05) is 0 Å². The number of hydrogen-bond acceptors (Lipinski definition) is 2. The molecule has 0 aliphatic heterocycles. The molecule has 1 heterocycles. The summed E-state index contributed by atoms with van der Waals surface area (Å²) in [6.45, 7) is 0. The maximum atomic E-state index is 5.36. The molecule has 0 radical (unpaired) electrons. The van der Waals surface area contributed by atoms with Gasteiger partial charge in [0.2, 0.25) is 0 Å². The highest BCUT2D eigenvalue weighted by molar-refractivity contribution is 9.10. The van der Waals surface area contributed by atoms with Crippen LogP contribution in [0.5, 0.6) is 0 Å². The van der Waals surface area contributed by atoms with E-state index in [1.165, 1.54) is 0 Å². The van der Waals surface area contributed by atoms with E-state index >= 15 is 0 Å². The van der Waals surface area contributed by atoms with Crippen LogP contribution in [0.4, 0.5) is 5.82 Å². The maximum Gasteiger partial charge on any atom is 0.137 e. The van der Waals surface area contributed by atoms with Crippen LogP contribution in [0.2, 0.25) is 0 Å². The van der Waals surface area contributed by atoms with Crippen molar-refractivity contribution in [2.45, 2.75) is 0 Å². The number of anilines is 1. The Morgan fingerprint density at radius 3 is 2.75 bits per heavy atom. The predicted molar refractivity (Wildman–Crippen MR) is 36.3 cm³/mol. The molecule has 0 aliphatic rings. The molecule has 0 bridgehead atoms. The van der Waals surface area contributed by atoms with Crippen LogP contribution >= 0.6 is 15.9 Å². The van der Waals surface area contributed by atoms with E-state index in [1.807, 2.05) is 12.1 Å². The molecule has 0 aromatic carbocycles. The van der Waals surface area contributed by atoms with E-state index in [1.54, 1.807) is 6.20 Å². The SMILES string of the molecule is [15NH2][13c]1[15n][13cH]ccc1Br. The Morgan fingerprint density at radius 1 is 1.62 bits per heavy atom. The third kappa shape index (κ3) is 0.980. The van der Waals surface area contributed by atoms with Crippen molar-refractivity contribution >= 4 is 21.7 Å². The lowest BCUT2D eigenvalue weighted by molar-refractivity contribution is 1.32. The van der Waals surface area contributed by atoms with Crippen molar-refractivity contribution in [1.29, 1.82) is 0 Å². The number of halogens is 1. The van der Waals surface area contributed by atoms with Crippen molar-refractivity contribution < 1.29 is 0 Å². The summed E-state index contributed by atoms with van der Waals surface area (Å²) in [5.41, 5.74) is 5.36. The topological polar surface area (TPSA) is 38.9 Å². The molecule has 0 fully saturated rings. The van der Waals surface area contributed by atoms with E-state index in [9.17, 15) is 0 Å². The molecule has 1 aromatic heterocycles. The molecule has 42 valence electrons. The Morgan fingerprint density at radius 2 is 2.38 bits per heavy atom. The lowest BCUT2D eigenvalue weighted by Gasteiger charge is -1.90. The van der Waals surface area contributed by atoms with Gasteiger partial charge in [-0.25, -0.2) is 4.98 Å². The van der Waals surface area contributed by atoms with Crippen molar-refractivity contribution in [2.24, 2.45) is 0 Å². The lowest BCUT2D eigenvalue weighted by atomic mass is 10.7. The molecular formula is C5H5BrN2. The van der Waals surface area contributed by atoms with Crippen molar-refractivity contribution in [3.05, 3.63) is 22.8 Å². The first-order valence-electron chi connectivity index (χ1n) is 2.16. The van der Waals surface area contributed by atoms with Gasteiger partial charge in [-0.3, -0.25) is 0 Å². The highest BCUT2D eigenvalue weighted by Crippen LogP contribution is 2.13. The molecule has 8 heavy (non-hydrogen) atoms. The quantitative estimate of drug-likeness (QED) is 0.608. The van der Waals surface area contributed by atoms with E-state index in [0.29, 0.717) is 5.82 Å². The summed E-state index contributed by atoms with van der Waals surface area (Å²) in [6, 6.07) is 3.67. The van der Waals surface area contributed by atoms with Crippen LogP contribution in [-0.4, -0.2) is 4.98 Å². The number of rotatable bonds is 0. The molecule has 2 N–H and O–H groups in total. The number of nitrogen functional groups attached to an aromatic ring is 1. The van der Waals surface area contributed by atoms with Crippen LogP contribution in [0.3, 0.4) is 0 Å². The normalized spacial score (nSPS) is 9.12. The minimum atomic E-state index is 0.535. The molecule has 1 rings (SSSR count). The summed E-state index contributed by atoms with van der Waals surface area (Å²) in [5.74, 6) is 0.535. The molecule has 0 saturated heterocycles. The average Bonchev–Trinajstić information content (AvgIpc) is 1.77. The lowest BCUT2D eigenvalue weighted by Crippen LogP contribution is -1.88. The average molecular weight is 177 g/mol. The second kappa shape index (κ2) is 2.13. The summed E-state index contributed by atoms with van der Waals surface area (Å²) in [4.78, 5) is 3.81. The molecule has 0 unspecified atom stereocenters. The Labute approximate surface area is 55.9 Å². The third-order valence-corrected chi connectivity index (χ3v) is 1.46. The fourth-order valence-electron chi connectivity index (χ4n) is 0.398. The number of hydrogen-bond donors (Lipinski definition) is 1. The van der Waals surface area contributed by atoms with E-state index in [0.717, 1.165) is 4.47 Å². The molecule has 0 aliphatic carbocycles. The summed E-state index contributed by atoms with van der Waals surface area (Å²) in [6.07, 6.45) is 1.65. The van der Waals surface area contributed by atoms with E-state index in [-0.39, 0.29) is 0 Å². The molecule has 3 heteroatoms. The minimum Gasteiger partial charge on any atom is -0.383 e. The number of pyridine rings is 1. The van der Waals surface area contributed by atoms with Gasteiger partial charge in [-0.2, -0.15) is 0 Å². The van der Waals surface area contributed by atoms with Crippen LogP contribution in [0.15, 0.2) is 22.8 Å². The molecule has 1 aromatic rings. The second-order valence-corrected chi connectivity index (χ2v) is 2.22. The standard InChI is InChI=1S/C5H5BrN2/c6-4-2-1-3-8-5(4)7/h1-3H,(H2,7,8)/i3+1,5+1,7+1,8+1. The van der Waals surface area contributed by atoms with Crippen LogP contribution in [0, 0.1) is 0 Å². The predicted octanol–water partition coefficient (Wildman–Crippen LogP) is 1.43.